The zero-order valence-electron chi connectivity index (χ0n) is 7.03. The average molecular weight is 168 g/mol. The highest BCUT2D eigenvalue weighted by atomic mass is 16.4. The van der Waals surface area contributed by atoms with Crippen LogP contribution in [0.1, 0.15) is 18.5 Å². The lowest BCUT2D eigenvalue weighted by Gasteiger charge is -1.98. The number of carboxylic acid groups (broad SMARTS) is 1. The van der Waals surface area contributed by atoms with Crippen molar-refractivity contribution in [3.05, 3.63) is 18.0 Å². The van der Waals surface area contributed by atoms with E-state index in [0.29, 0.717) is 6.42 Å². The predicted molar refractivity (Wildman–Crippen MR) is 43.8 cm³/mol. The van der Waals surface area contributed by atoms with Gasteiger partial charge < -0.3 is 5.11 Å². The van der Waals surface area contributed by atoms with Gasteiger partial charge in [-0.25, -0.2) is 0 Å². The summed E-state index contributed by atoms with van der Waals surface area (Å²) in [6.07, 6.45) is 3.40. The number of carboxylic acids is 1. The highest BCUT2D eigenvalue weighted by Crippen LogP contribution is 2.02. The fourth-order valence-corrected chi connectivity index (χ4v) is 1.07. The topological polar surface area (TPSA) is 55.1 Å². The summed E-state index contributed by atoms with van der Waals surface area (Å²) in [5.41, 5.74) is 1.08. The first-order valence-electron chi connectivity index (χ1n) is 3.89. The monoisotopic (exact) mass is 168 g/mol. The van der Waals surface area contributed by atoms with Crippen LogP contribution in [0.5, 0.6) is 0 Å². The summed E-state index contributed by atoms with van der Waals surface area (Å²) in [5.74, 6) is -0.739. The molecule has 1 aromatic rings. The molecular formula is C8H12N2O2. The molecule has 0 fully saturated rings. The molecule has 4 heteroatoms. The Bertz CT molecular complexity index is 268. The first-order valence-corrected chi connectivity index (χ1v) is 3.89. The van der Waals surface area contributed by atoms with Crippen molar-refractivity contribution in [2.24, 2.45) is 7.05 Å². The Labute approximate surface area is 70.8 Å². The number of carbonyl (C=O) groups is 1. The second kappa shape index (κ2) is 3.90. The molecule has 0 radical (unpaired) electrons. The highest BCUT2D eigenvalue weighted by molar-refractivity contribution is 5.66. The molecule has 1 N–H and O–H groups in total. The molecule has 0 unspecified atom stereocenters. The minimum absolute atomic E-state index is 0.227. The fourth-order valence-electron chi connectivity index (χ4n) is 1.07. The number of hydrogen-bond donors (Lipinski definition) is 1. The molecular weight excluding hydrogens is 156 g/mol. The Kier molecular flexibility index (Phi) is 2.85. The van der Waals surface area contributed by atoms with Gasteiger partial charge in [0.2, 0.25) is 0 Å². The summed E-state index contributed by atoms with van der Waals surface area (Å²) in [6, 6.07) is 1.90. The summed E-state index contributed by atoms with van der Waals surface area (Å²) in [6.45, 7) is 0. The molecule has 1 rings (SSSR count). The Morgan fingerprint density at radius 3 is 3.00 bits per heavy atom. The second-order valence-electron chi connectivity index (χ2n) is 2.69. The summed E-state index contributed by atoms with van der Waals surface area (Å²) >= 11 is 0. The SMILES string of the molecule is Cn1nccc1CCCC(=O)O. The summed E-state index contributed by atoms with van der Waals surface area (Å²) in [4.78, 5) is 10.2. The van der Waals surface area contributed by atoms with E-state index in [2.05, 4.69) is 5.10 Å². The Balaban J connectivity index is 2.33. The van der Waals surface area contributed by atoms with E-state index in [0.717, 1.165) is 12.1 Å². The fraction of sp³-hybridized carbons (Fsp3) is 0.500. The molecule has 0 saturated carbocycles. The van der Waals surface area contributed by atoms with E-state index in [1.807, 2.05) is 13.1 Å². The van der Waals surface area contributed by atoms with E-state index >= 15 is 0 Å². The van der Waals surface area contributed by atoms with Gasteiger partial charge in [-0.2, -0.15) is 5.10 Å². The molecule has 12 heavy (non-hydrogen) atoms. The van der Waals surface area contributed by atoms with E-state index in [1.165, 1.54) is 0 Å². The molecule has 0 aromatic carbocycles. The van der Waals surface area contributed by atoms with Gasteiger partial charge in [0.15, 0.2) is 0 Å². The highest BCUT2D eigenvalue weighted by Gasteiger charge is 2.00. The predicted octanol–water partition coefficient (Wildman–Crippen LogP) is 0.827. The van der Waals surface area contributed by atoms with Crippen LogP contribution >= 0.6 is 0 Å². The zero-order valence-corrected chi connectivity index (χ0v) is 7.03. The van der Waals surface area contributed by atoms with Gasteiger partial charge in [-0.1, -0.05) is 0 Å². The number of aliphatic carboxylic acids is 1. The molecule has 4 nitrogen and oxygen atoms in total. The van der Waals surface area contributed by atoms with Crippen molar-refractivity contribution >= 4 is 5.97 Å². The molecule has 1 aromatic heterocycles. The number of aromatic nitrogens is 2. The van der Waals surface area contributed by atoms with Crippen molar-refractivity contribution in [1.82, 2.24) is 9.78 Å². The third kappa shape index (κ3) is 2.38. The Hall–Kier alpha value is -1.32. The van der Waals surface area contributed by atoms with Gasteiger partial charge in [-0.05, 0) is 18.9 Å². The summed E-state index contributed by atoms with van der Waals surface area (Å²) in [5, 5.41) is 12.4. The second-order valence-corrected chi connectivity index (χ2v) is 2.69. The Morgan fingerprint density at radius 1 is 1.75 bits per heavy atom. The molecule has 0 bridgehead atoms. The smallest absolute Gasteiger partial charge is 0.303 e. The van der Waals surface area contributed by atoms with Gasteiger partial charge in [0.25, 0.3) is 0 Å². The van der Waals surface area contributed by atoms with E-state index < -0.39 is 5.97 Å². The number of nitrogens with zero attached hydrogens (tertiary/aromatic N) is 2. The maximum absolute atomic E-state index is 10.2. The van der Waals surface area contributed by atoms with Gasteiger partial charge in [-0.15, -0.1) is 0 Å². The number of rotatable bonds is 4. The van der Waals surface area contributed by atoms with Crippen LogP contribution in [0.3, 0.4) is 0 Å². The first-order chi connectivity index (χ1) is 5.70. The van der Waals surface area contributed by atoms with Crippen LogP contribution in [-0.2, 0) is 18.3 Å². The van der Waals surface area contributed by atoms with Crippen LogP contribution in [-0.4, -0.2) is 20.9 Å². The van der Waals surface area contributed by atoms with Crippen LogP contribution in [0, 0.1) is 0 Å². The van der Waals surface area contributed by atoms with Crippen molar-refractivity contribution in [2.75, 3.05) is 0 Å². The molecule has 66 valence electrons. The molecule has 1 heterocycles. The largest absolute Gasteiger partial charge is 0.481 e. The molecule has 0 aliphatic carbocycles. The molecule has 0 saturated heterocycles. The van der Waals surface area contributed by atoms with Gasteiger partial charge in [0, 0.05) is 25.4 Å². The number of aryl methyl sites for hydroxylation is 2. The molecule has 0 aliphatic rings. The maximum Gasteiger partial charge on any atom is 0.303 e. The third-order valence-electron chi connectivity index (χ3n) is 1.75. The van der Waals surface area contributed by atoms with Crippen LogP contribution in [0.25, 0.3) is 0 Å². The van der Waals surface area contributed by atoms with Crippen LogP contribution < -0.4 is 0 Å². The van der Waals surface area contributed by atoms with Crippen LogP contribution in [0.4, 0.5) is 0 Å². The van der Waals surface area contributed by atoms with Crippen molar-refractivity contribution in [3.63, 3.8) is 0 Å². The Morgan fingerprint density at radius 2 is 2.50 bits per heavy atom. The van der Waals surface area contributed by atoms with E-state index in [1.54, 1.807) is 10.9 Å². The van der Waals surface area contributed by atoms with Crippen LogP contribution in [0.2, 0.25) is 0 Å². The van der Waals surface area contributed by atoms with Gasteiger partial charge in [0.05, 0.1) is 0 Å². The van der Waals surface area contributed by atoms with Crippen molar-refractivity contribution in [1.29, 1.82) is 0 Å². The van der Waals surface area contributed by atoms with Crippen LogP contribution in [0.15, 0.2) is 12.3 Å². The van der Waals surface area contributed by atoms with Crippen molar-refractivity contribution in [3.8, 4) is 0 Å². The lowest BCUT2D eigenvalue weighted by molar-refractivity contribution is -0.137. The standard InChI is InChI=1S/C8H12N2O2/c1-10-7(5-6-9-10)3-2-4-8(11)12/h5-6H,2-4H2,1H3,(H,11,12). The normalized spacial score (nSPS) is 10.1. The molecule has 0 atom stereocenters. The average Bonchev–Trinajstić information content (AvgIpc) is 2.36. The zero-order chi connectivity index (χ0) is 8.97. The van der Waals surface area contributed by atoms with E-state index in [-0.39, 0.29) is 6.42 Å². The minimum Gasteiger partial charge on any atom is -0.481 e. The van der Waals surface area contributed by atoms with E-state index in [9.17, 15) is 4.79 Å². The molecule has 0 amide bonds. The molecule has 0 aliphatic heterocycles. The molecule has 0 spiro atoms. The van der Waals surface area contributed by atoms with E-state index in [4.69, 9.17) is 5.11 Å². The number of hydrogen-bond acceptors (Lipinski definition) is 2. The first kappa shape index (κ1) is 8.77. The lowest BCUT2D eigenvalue weighted by atomic mass is 10.2. The summed E-state index contributed by atoms with van der Waals surface area (Å²) < 4.78 is 1.77. The lowest BCUT2D eigenvalue weighted by Crippen LogP contribution is -2.00. The summed E-state index contributed by atoms with van der Waals surface area (Å²) in [7, 11) is 1.86. The quantitative estimate of drug-likeness (QED) is 0.724. The van der Waals surface area contributed by atoms with Crippen molar-refractivity contribution < 1.29 is 9.90 Å². The minimum atomic E-state index is -0.739. The van der Waals surface area contributed by atoms with Gasteiger partial charge in [-0.3, -0.25) is 9.48 Å². The van der Waals surface area contributed by atoms with Crippen molar-refractivity contribution in [2.45, 2.75) is 19.3 Å². The van der Waals surface area contributed by atoms with Gasteiger partial charge >= 0.3 is 5.97 Å². The van der Waals surface area contributed by atoms with Gasteiger partial charge in [0.1, 0.15) is 0 Å². The maximum atomic E-state index is 10.2. The third-order valence-corrected chi connectivity index (χ3v) is 1.75.